The number of carbonyl (C=O) groups excluding carboxylic acids is 1. The number of imidazole rings is 1. The highest BCUT2D eigenvalue weighted by Gasteiger charge is 2.27. The Balaban J connectivity index is 2.02. The summed E-state index contributed by atoms with van der Waals surface area (Å²) < 4.78 is 42.7. The number of rotatable bonds is 9. The van der Waals surface area contributed by atoms with Gasteiger partial charge in [-0.3, -0.25) is 0 Å². The van der Waals surface area contributed by atoms with Crippen molar-refractivity contribution in [1.82, 2.24) is 19.8 Å². The fraction of sp³-hybridized carbons (Fsp3) is 0.407. The maximum absolute atomic E-state index is 14.3. The van der Waals surface area contributed by atoms with Crippen LogP contribution in [0, 0.1) is 11.7 Å². The smallest absolute Gasteiger partial charge is 0.318 e. The molecule has 0 unspecified atom stereocenters. The number of urea groups is 1. The topological polar surface area (TPSA) is 84.3 Å². The number of sulfone groups is 1. The summed E-state index contributed by atoms with van der Waals surface area (Å²) in [6.07, 6.45) is 1.49. The molecule has 2 amide bonds. The van der Waals surface area contributed by atoms with Crippen LogP contribution in [0.4, 0.5) is 9.18 Å². The molecule has 0 atom stereocenters. The summed E-state index contributed by atoms with van der Waals surface area (Å²) >= 11 is 0. The molecule has 36 heavy (non-hydrogen) atoms. The Bertz CT molecular complexity index is 1280. The Morgan fingerprint density at radius 2 is 1.72 bits per heavy atom. The number of nitrogens with zero attached hydrogens (tertiary/aromatic N) is 3. The molecule has 0 saturated heterocycles. The van der Waals surface area contributed by atoms with Gasteiger partial charge in [-0.25, -0.2) is 22.6 Å². The van der Waals surface area contributed by atoms with Crippen LogP contribution >= 0.6 is 0 Å². The second-order valence-electron chi connectivity index (χ2n) is 10.4. The molecule has 0 aliphatic rings. The van der Waals surface area contributed by atoms with Gasteiger partial charge in [-0.2, -0.15) is 0 Å². The lowest BCUT2D eigenvalue weighted by molar-refractivity contribution is 0.177. The van der Waals surface area contributed by atoms with E-state index >= 15 is 0 Å². The zero-order valence-corrected chi connectivity index (χ0v) is 22.3. The van der Waals surface area contributed by atoms with E-state index in [0.717, 1.165) is 5.56 Å². The Morgan fingerprint density at radius 3 is 2.33 bits per heavy atom. The fourth-order valence-electron chi connectivity index (χ4n) is 3.84. The number of hydrogen-bond donors (Lipinski definition) is 1. The molecule has 0 spiro atoms. The van der Waals surface area contributed by atoms with Crippen LogP contribution in [-0.4, -0.2) is 41.0 Å². The maximum atomic E-state index is 14.3. The third-order valence-corrected chi connectivity index (χ3v) is 6.95. The SMILES string of the molecule is CC(C)CN(Cc1cnc(S(=O)(=O)Cc2ccccc2F)n1Cc1ccccc1)C(=O)NC(C)(C)C. The van der Waals surface area contributed by atoms with E-state index in [1.165, 1.54) is 24.4 Å². The van der Waals surface area contributed by atoms with Gasteiger partial charge in [-0.1, -0.05) is 62.4 Å². The third-order valence-electron chi connectivity index (χ3n) is 5.37. The van der Waals surface area contributed by atoms with Crippen LogP contribution in [0.25, 0.3) is 0 Å². The molecule has 0 radical (unpaired) electrons. The highest BCUT2D eigenvalue weighted by molar-refractivity contribution is 7.90. The van der Waals surface area contributed by atoms with E-state index in [1.807, 2.05) is 65.0 Å². The Hall–Kier alpha value is -3.20. The van der Waals surface area contributed by atoms with Crippen LogP contribution in [0.5, 0.6) is 0 Å². The van der Waals surface area contributed by atoms with E-state index < -0.39 is 26.9 Å². The van der Waals surface area contributed by atoms with Crippen molar-refractivity contribution in [3.63, 3.8) is 0 Å². The van der Waals surface area contributed by atoms with Crippen LogP contribution in [-0.2, 0) is 28.7 Å². The summed E-state index contributed by atoms with van der Waals surface area (Å²) in [6, 6.07) is 15.0. The zero-order valence-electron chi connectivity index (χ0n) is 21.5. The molecule has 1 aromatic heterocycles. The Labute approximate surface area is 213 Å². The second-order valence-corrected chi connectivity index (χ2v) is 12.3. The van der Waals surface area contributed by atoms with E-state index in [0.29, 0.717) is 12.2 Å². The fourth-order valence-corrected chi connectivity index (χ4v) is 5.35. The number of nitrogens with one attached hydrogen (secondary N) is 1. The molecule has 7 nitrogen and oxygen atoms in total. The van der Waals surface area contributed by atoms with Gasteiger partial charge < -0.3 is 14.8 Å². The lowest BCUT2D eigenvalue weighted by atomic mass is 10.1. The van der Waals surface area contributed by atoms with Gasteiger partial charge in [0.25, 0.3) is 0 Å². The van der Waals surface area contributed by atoms with E-state index in [4.69, 9.17) is 0 Å². The minimum absolute atomic E-state index is 0.0827. The minimum atomic E-state index is -3.98. The predicted octanol–water partition coefficient (Wildman–Crippen LogP) is 5.01. The zero-order chi connectivity index (χ0) is 26.5. The maximum Gasteiger partial charge on any atom is 0.318 e. The number of hydrogen-bond acceptors (Lipinski definition) is 4. The molecule has 0 aliphatic carbocycles. The first kappa shape index (κ1) is 27.4. The number of carbonyl (C=O) groups is 1. The van der Waals surface area contributed by atoms with Crippen LogP contribution in [0.15, 0.2) is 66.0 Å². The predicted molar refractivity (Wildman–Crippen MR) is 139 cm³/mol. The van der Waals surface area contributed by atoms with Gasteiger partial charge in [-0.15, -0.1) is 0 Å². The summed E-state index contributed by atoms with van der Waals surface area (Å²) in [5.74, 6) is -0.889. The minimum Gasteiger partial charge on any atom is -0.333 e. The molecule has 0 fully saturated rings. The summed E-state index contributed by atoms with van der Waals surface area (Å²) in [7, 11) is -3.98. The number of halogens is 1. The van der Waals surface area contributed by atoms with Crippen molar-refractivity contribution in [2.45, 2.75) is 64.2 Å². The highest BCUT2D eigenvalue weighted by atomic mass is 32.2. The average Bonchev–Trinajstić information content (AvgIpc) is 3.17. The molecule has 0 bridgehead atoms. The van der Waals surface area contributed by atoms with Crippen molar-refractivity contribution in [2.24, 2.45) is 5.92 Å². The Kier molecular flexibility index (Phi) is 8.55. The van der Waals surface area contributed by atoms with Gasteiger partial charge in [0.2, 0.25) is 15.0 Å². The van der Waals surface area contributed by atoms with E-state index in [2.05, 4.69) is 10.3 Å². The monoisotopic (exact) mass is 514 g/mol. The van der Waals surface area contributed by atoms with E-state index in [1.54, 1.807) is 15.5 Å². The lowest BCUT2D eigenvalue weighted by Crippen LogP contribution is -2.49. The Morgan fingerprint density at radius 1 is 1.08 bits per heavy atom. The van der Waals surface area contributed by atoms with Gasteiger partial charge in [0.15, 0.2) is 0 Å². The normalized spacial score (nSPS) is 12.1. The molecule has 2 aromatic carbocycles. The quantitative estimate of drug-likeness (QED) is 0.435. The van der Waals surface area contributed by atoms with Crippen molar-refractivity contribution >= 4 is 15.9 Å². The molecule has 1 N–H and O–H groups in total. The number of amides is 2. The van der Waals surface area contributed by atoms with Gasteiger partial charge in [0, 0.05) is 17.6 Å². The van der Waals surface area contributed by atoms with Gasteiger partial charge in [0.1, 0.15) is 5.82 Å². The molecule has 0 saturated carbocycles. The van der Waals surface area contributed by atoms with Crippen molar-refractivity contribution in [2.75, 3.05) is 6.54 Å². The van der Waals surface area contributed by atoms with Gasteiger partial charge in [-0.05, 0) is 38.3 Å². The first-order chi connectivity index (χ1) is 16.9. The van der Waals surface area contributed by atoms with Crippen LogP contribution < -0.4 is 5.32 Å². The van der Waals surface area contributed by atoms with Crippen molar-refractivity contribution in [3.8, 4) is 0 Å². The first-order valence-electron chi connectivity index (χ1n) is 12.0. The third kappa shape index (κ3) is 7.40. The van der Waals surface area contributed by atoms with Crippen molar-refractivity contribution in [3.05, 3.63) is 83.4 Å². The van der Waals surface area contributed by atoms with Gasteiger partial charge >= 0.3 is 6.03 Å². The molecule has 3 rings (SSSR count). The molecule has 3 aromatic rings. The van der Waals surface area contributed by atoms with Crippen molar-refractivity contribution in [1.29, 1.82) is 0 Å². The van der Waals surface area contributed by atoms with E-state index in [-0.39, 0.29) is 35.8 Å². The molecule has 194 valence electrons. The van der Waals surface area contributed by atoms with Crippen LogP contribution in [0.2, 0.25) is 0 Å². The average molecular weight is 515 g/mol. The van der Waals surface area contributed by atoms with Crippen LogP contribution in [0.1, 0.15) is 51.4 Å². The summed E-state index contributed by atoms with van der Waals surface area (Å²) in [5.41, 5.74) is 1.12. The molecule has 9 heteroatoms. The lowest BCUT2D eigenvalue weighted by Gasteiger charge is -2.30. The van der Waals surface area contributed by atoms with Gasteiger partial charge in [0.05, 0.1) is 30.7 Å². The van der Waals surface area contributed by atoms with Crippen LogP contribution in [0.3, 0.4) is 0 Å². The number of aromatic nitrogens is 2. The summed E-state index contributed by atoms with van der Waals surface area (Å²) in [6.45, 7) is 10.7. The molecular weight excluding hydrogens is 479 g/mol. The first-order valence-corrected chi connectivity index (χ1v) is 13.6. The molecule has 1 heterocycles. The molecular formula is C27H35FN4O3S. The number of benzene rings is 2. The second kappa shape index (κ2) is 11.2. The summed E-state index contributed by atoms with van der Waals surface area (Å²) in [4.78, 5) is 19.0. The standard InChI is InChI=1S/C27H35FN4O3S/c1-20(2)16-31(25(33)30-27(3,4)5)18-23-15-29-26(32(23)17-21-11-7-6-8-12-21)36(34,35)19-22-13-9-10-14-24(22)28/h6-15,20H,16-19H2,1-5H3,(H,30,33). The molecule has 0 aliphatic heterocycles. The highest BCUT2D eigenvalue weighted by Crippen LogP contribution is 2.22. The largest absolute Gasteiger partial charge is 0.333 e. The summed E-state index contributed by atoms with van der Waals surface area (Å²) in [5, 5.41) is 2.84. The van der Waals surface area contributed by atoms with Crippen molar-refractivity contribution < 1.29 is 17.6 Å². The van der Waals surface area contributed by atoms with E-state index in [9.17, 15) is 17.6 Å².